The molecule has 18 heavy (non-hydrogen) atoms. The molecule has 0 amide bonds. The monoisotopic (exact) mass is 290 g/mol. The molecule has 0 saturated heterocycles. The summed E-state index contributed by atoms with van der Waals surface area (Å²) in [4.78, 5) is 0. The standard InChI is InChI=1S/C12H16ClO4P/c1-3-15-18(14,16-4-2)17-12(10-13)11-8-6-5-7-9-11/h5-10H,3-4H2,1-2H3/b12-10+. The Hall–Kier alpha value is -0.800. The summed E-state index contributed by atoms with van der Waals surface area (Å²) in [6.07, 6.45) is 0. The van der Waals surface area contributed by atoms with E-state index in [4.69, 9.17) is 25.2 Å². The quantitative estimate of drug-likeness (QED) is 0.551. The van der Waals surface area contributed by atoms with Crippen LogP contribution in [0.15, 0.2) is 35.9 Å². The van der Waals surface area contributed by atoms with E-state index in [9.17, 15) is 4.57 Å². The summed E-state index contributed by atoms with van der Waals surface area (Å²) in [5, 5.41) is 0. The summed E-state index contributed by atoms with van der Waals surface area (Å²) in [5.74, 6) is 0.252. The Labute approximate surface area is 112 Å². The van der Waals surface area contributed by atoms with Crippen molar-refractivity contribution in [1.82, 2.24) is 0 Å². The molecule has 1 aromatic carbocycles. The van der Waals surface area contributed by atoms with E-state index in [0.717, 1.165) is 0 Å². The van der Waals surface area contributed by atoms with Gasteiger partial charge in [-0.2, -0.15) is 0 Å². The lowest BCUT2D eigenvalue weighted by Gasteiger charge is -2.18. The highest BCUT2D eigenvalue weighted by Gasteiger charge is 2.28. The van der Waals surface area contributed by atoms with Crippen LogP contribution in [0.1, 0.15) is 19.4 Å². The van der Waals surface area contributed by atoms with Crippen LogP contribution in [0, 0.1) is 0 Å². The second-order valence-electron chi connectivity index (χ2n) is 3.21. The van der Waals surface area contributed by atoms with E-state index in [1.165, 1.54) is 5.54 Å². The van der Waals surface area contributed by atoms with Crippen molar-refractivity contribution in [3.05, 3.63) is 41.4 Å². The zero-order chi connectivity index (χ0) is 13.4. The normalized spacial score (nSPS) is 12.5. The van der Waals surface area contributed by atoms with E-state index < -0.39 is 7.82 Å². The first-order valence-corrected chi connectivity index (χ1v) is 7.49. The average Bonchev–Trinajstić information content (AvgIpc) is 2.38. The van der Waals surface area contributed by atoms with Crippen LogP contribution in [-0.2, 0) is 18.1 Å². The van der Waals surface area contributed by atoms with Crippen LogP contribution in [0.3, 0.4) is 0 Å². The number of halogens is 1. The van der Waals surface area contributed by atoms with Gasteiger partial charge < -0.3 is 4.52 Å². The van der Waals surface area contributed by atoms with E-state index in [1.54, 1.807) is 26.0 Å². The zero-order valence-corrected chi connectivity index (χ0v) is 12.0. The van der Waals surface area contributed by atoms with Gasteiger partial charge in [-0.3, -0.25) is 9.05 Å². The number of rotatable bonds is 7. The van der Waals surface area contributed by atoms with Gasteiger partial charge in [0.2, 0.25) is 0 Å². The fourth-order valence-electron chi connectivity index (χ4n) is 1.26. The summed E-state index contributed by atoms with van der Waals surface area (Å²) < 4.78 is 27.6. The summed E-state index contributed by atoms with van der Waals surface area (Å²) in [7, 11) is -3.61. The number of hydrogen-bond acceptors (Lipinski definition) is 4. The molecule has 0 fully saturated rings. The van der Waals surface area contributed by atoms with Crippen LogP contribution in [0.2, 0.25) is 0 Å². The van der Waals surface area contributed by atoms with Crippen LogP contribution in [-0.4, -0.2) is 13.2 Å². The molecule has 0 heterocycles. The highest BCUT2D eigenvalue weighted by atomic mass is 35.5. The highest BCUT2D eigenvalue weighted by Crippen LogP contribution is 2.52. The van der Waals surface area contributed by atoms with Crippen molar-refractivity contribution < 1.29 is 18.1 Å². The maximum atomic E-state index is 12.2. The van der Waals surface area contributed by atoms with Crippen molar-refractivity contribution in [2.24, 2.45) is 0 Å². The lowest BCUT2D eigenvalue weighted by atomic mass is 10.2. The second kappa shape index (κ2) is 7.59. The van der Waals surface area contributed by atoms with Gasteiger partial charge >= 0.3 is 7.82 Å². The predicted octanol–water partition coefficient (Wildman–Crippen LogP) is 4.42. The lowest BCUT2D eigenvalue weighted by molar-refractivity contribution is 0.159. The molecule has 100 valence electrons. The molecule has 4 nitrogen and oxygen atoms in total. The van der Waals surface area contributed by atoms with Crippen LogP contribution in [0.5, 0.6) is 0 Å². The smallest absolute Gasteiger partial charge is 0.402 e. The molecule has 0 N–H and O–H groups in total. The third-order valence-electron chi connectivity index (χ3n) is 1.94. The van der Waals surface area contributed by atoms with Gasteiger partial charge in [0.05, 0.1) is 13.2 Å². The molecule has 0 aliphatic rings. The maximum Gasteiger partial charge on any atom is 0.530 e. The molecular formula is C12H16ClO4P. The van der Waals surface area contributed by atoms with Gasteiger partial charge in [-0.05, 0) is 13.8 Å². The van der Waals surface area contributed by atoms with Crippen molar-refractivity contribution in [3.8, 4) is 0 Å². The average molecular weight is 291 g/mol. The Balaban J connectivity index is 2.88. The van der Waals surface area contributed by atoms with E-state index >= 15 is 0 Å². The molecule has 1 aromatic rings. The molecule has 0 aromatic heterocycles. The van der Waals surface area contributed by atoms with Gasteiger partial charge in [0.25, 0.3) is 0 Å². The van der Waals surface area contributed by atoms with Crippen molar-refractivity contribution >= 4 is 25.2 Å². The minimum absolute atomic E-state index is 0.224. The molecule has 0 spiro atoms. The predicted molar refractivity (Wildman–Crippen MR) is 72.2 cm³/mol. The molecule has 0 bridgehead atoms. The van der Waals surface area contributed by atoms with Gasteiger partial charge in [-0.25, -0.2) is 4.57 Å². The number of benzene rings is 1. The molecule has 0 atom stereocenters. The molecule has 0 aliphatic heterocycles. The Morgan fingerprint density at radius 2 is 1.78 bits per heavy atom. The molecule has 0 aliphatic carbocycles. The van der Waals surface area contributed by atoms with E-state index in [1.807, 2.05) is 18.2 Å². The zero-order valence-electron chi connectivity index (χ0n) is 10.3. The number of phosphoric ester groups is 1. The third-order valence-corrected chi connectivity index (χ3v) is 3.71. The lowest BCUT2D eigenvalue weighted by Crippen LogP contribution is -2.00. The molecule has 1 rings (SSSR count). The van der Waals surface area contributed by atoms with Crippen LogP contribution in [0.4, 0.5) is 0 Å². The number of phosphoric acid groups is 1. The Morgan fingerprint density at radius 3 is 2.22 bits per heavy atom. The van der Waals surface area contributed by atoms with Crippen molar-refractivity contribution in [2.75, 3.05) is 13.2 Å². The minimum Gasteiger partial charge on any atom is -0.402 e. The second-order valence-corrected chi connectivity index (χ2v) is 5.03. The van der Waals surface area contributed by atoms with Gasteiger partial charge in [-0.15, -0.1) is 0 Å². The minimum atomic E-state index is -3.61. The first-order chi connectivity index (χ1) is 8.65. The van der Waals surface area contributed by atoms with E-state index in [-0.39, 0.29) is 19.0 Å². The first-order valence-electron chi connectivity index (χ1n) is 5.59. The Bertz CT molecular complexity index is 423. The Morgan fingerprint density at radius 1 is 1.22 bits per heavy atom. The Kier molecular flexibility index (Phi) is 6.44. The SMILES string of the molecule is CCOP(=O)(OCC)O/C(=C/Cl)c1ccccc1. The maximum absolute atomic E-state index is 12.2. The topological polar surface area (TPSA) is 44.8 Å². The van der Waals surface area contributed by atoms with Crippen molar-refractivity contribution in [3.63, 3.8) is 0 Å². The van der Waals surface area contributed by atoms with Gasteiger partial charge in [0.15, 0.2) is 0 Å². The molecular weight excluding hydrogens is 275 g/mol. The largest absolute Gasteiger partial charge is 0.530 e. The van der Waals surface area contributed by atoms with Gasteiger partial charge in [-0.1, -0.05) is 41.9 Å². The summed E-state index contributed by atoms with van der Waals surface area (Å²) in [6.45, 7) is 3.87. The molecule has 0 saturated carbocycles. The number of hydrogen-bond donors (Lipinski definition) is 0. The van der Waals surface area contributed by atoms with E-state index in [0.29, 0.717) is 5.56 Å². The first kappa shape index (κ1) is 15.3. The fraction of sp³-hybridized carbons (Fsp3) is 0.333. The molecule has 0 radical (unpaired) electrons. The van der Waals surface area contributed by atoms with Crippen molar-refractivity contribution in [2.45, 2.75) is 13.8 Å². The van der Waals surface area contributed by atoms with Crippen molar-refractivity contribution in [1.29, 1.82) is 0 Å². The molecule has 6 heteroatoms. The molecule has 0 unspecified atom stereocenters. The van der Waals surface area contributed by atoms with E-state index in [2.05, 4.69) is 0 Å². The highest BCUT2D eigenvalue weighted by molar-refractivity contribution is 7.48. The third kappa shape index (κ3) is 4.46. The van der Waals surface area contributed by atoms with Crippen LogP contribution < -0.4 is 0 Å². The van der Waals surface area contributed by atoms with Gasteiger partial charge in [0, 0.05) is 11.1 Å². The summed E-state index contributed by atoms with van der Waals surface area (Å²) in [5.41, 5.74) is 1.91. The fourth-order valence-corrected chi connectivity index (χ4v) is 2.71. The van der Waals surface area contributed by atoms with Gasteiger partial charge in [0.1, 0.15) is 5.76 Å². The van der Waals surface area contributed by atoms with Crippen LogP contribution in [0.25, 0.3) is 5.76 Å². The summed E-state index contributed by atoms with van der Waals surface area (Å²) in [6, 6.07) is 9.09. The summed E-state index contributed by atoms with van der Waals surface area (Å²) >= 11 is 5.69. The van der Waals surface area contributed by atoms with Crippen LogP contribution >= 0.6 is 19.4 Å².